The number of benzene rings is 1. The first-order chi connectivity index (χ1) is 9.13. The summed E-state index contributed by atoms with van der Waals surface area (Å²) in [5.41, 5.74) is 3.03. The fraction of sp³-hybridized carbons (Fsp3) is 0.200. The predicted octanol–water partition coefficient (Wildman–Crippen LogP) is 3.11. The average Bonchev–Trinajstić information content (AvgIpc) is 2.46. The van der Waals surface area contributed by atoms with Gasteiger partial charge in [0, 0.05) is 25.1 Å². The number of aromatic carboxylic acids is 1. The second-order valence-electron chi connectivity index (χ2n) is 4.28. The van der Waals surface area contributed by atoms with Crippen molar-refractivity contribution in [2.24, 2.45) is 0 Å². The van der Waals surface area contributed by atoms with Crippen molar-refractivity contribution < 1.29 is 9.90 Å². The first-order valence-electron chi connectivity index (χ1n) is 6.13. The van der Waals surface area contributed by atoms with Crippen LogP contribution in [-0.2, 0) is 6.42 Å². The highest BCUT2D eigenvalue weighted by molar-refractivity contribution is 5.95. The summed E-state index contributed by atoms with van der Waals surface area (Å²) < 4.78 is 0. The van der Waals surface area contributed by atoms with Gasteiger partial charge in [-0.25, -0.2) is 4.79 Å². The molecule has 0 amide bonds. The summed E-state index contributed by atoms with van der Waals surface area (Å²) in [4.78, 5) is 16.9. The number of pyridine rings is 1. The molecule has 0 saturated carbocycles. The molecule has 0 saturated heterocycles. The quantitative estimate of drug-likeness (QED) is 0.913. The Hall–Kier alpha value is -2.36. The Morgan fingerprint density at radius 2 is 1.95 bits per heavy atom. The molecule has 0 aliphatic carbocycles. The normalized spacial score (nSPS) is 10.2. The van der Waals surface area contributed by atoms with Crippen LogP contribution in [0.3, 0.4) is 0 Å². The van der Waals surface area contributed by atoms with Crippen LogP contribution in [-0.4, -0.2) is 23.1 Å². The number of aromatic nitrogens is 1. The monoisotopic (exact) mass is 256 g/mol. The maximum absolute atomic E-state index is 11.2. The van der Waals surface area contributed by atoms with Crippen LogP contribution in [0.25, 0.3) is 0 Å². The van der Waals surface area contributed by atoms with Crippen molar-refractivity contribution in [1.29, 1.82) is 0 Å². The molecular weight excluding hydrogens is 240 g/mol. The van der Waals surface area contributed by atoms with Gasteiger partial charge in [-0.1, -0.05) is 19.1 Å². The second-order valence-corrected chi connectivity index (χ2v) is 4.28. The Kier molecular flexibility index (Phi) is 3.80. The van der Waals surface area contributed by atoms with Crippen LogP contribution in [0.2, 0.25) is 0 Å². The van der Waals surface area contributed by atoms with Gasteiger partial charge in [0.2, 0.25) is 0 Å². The van der Waals surface area contributed by atoms with Gasteiger partial charge in [-0.05, 0) is 30.2 Å². The molecule has 1 aromatic carbocycles. The highest BCUT2D eigenvalue weighted by atomic mass is 16.4. The molecule has 0 aliphatic rings. The minimum atomic E-state index is -0.972. The van der Waals surface area contributed by atoms with Crippen LogP contribution in [0.4, 0.5) is 11.4 Å². The lowest BCUT2D eigenvalue weighted by Gasteiger charge is -2.21. The Labute approximate surface area is 112 Å². The Morgan fingerprint density at radius 3 is 2.53 bits per heavy atom. The van der Waals surface area contributed by atoms with Gasteiger partial charge >= 0.3 is 5.97 Å². The van der Waals surface area contributed by atoms with Gasteiger partial charge in [-0.3, -0.25) is 4.98 Å². The second kappa shape index (κ2) is 5.52. The van der Waals surface area contributed by atoms with E-state index in [0.29, 0.717) is 5.69 Å². The van der Waals surface area contributed by atoms with Crippen molar-refractivity contribution in [3.8, 4) is 0 Å². The van der Waals surface area contributed by atoms with Gasteiger partial charge in [0.15, 0.2) is 0 Å². The predicted molar refractivity (Wildman–Crippen MR) is 75.1 cm³/mol. The lowest BCUT2D eigenvalue weighted by atomic mass is 10.1. The molecule has 0 radical (unpaired) electrons. The van der Waals surface area contributed by atoms with E-state index < -0.39 is 5.97 Å². The maximum atomic E-state index is 11.2. The van der Waals surface area contributed by atoms with E-state index in [1.54, 1.807) is 12.3 Å². The van der Waals surface area contributed by atoms with E-state index in [1.165, 1.54) is 11.8 Å². The van der Waals surface area contributed by atoms with Crippen LogP contribution in [0.5, 0.6) is 0 Å². The lowest BCUT2D eigenvalue weighted by Crippen LogP contribution is -2.14. The third-order valence-corrected chi connectivity index (χ3v) is 3.12. The third-order valence-electron chi connectivity index (χ3n) is 3.12. The molecule has 0 spiro atoms. The summed E-state index contributed by atoms with van der Waals surface area (Å²) in [5, 5.41) is 9.18. The Balaban J connectivity index is 2.37. The SMILES string of the molecule is CCc1ccc(N(C)c2ccncc2C(=O)O)cc1. The summed E-state index contributed by atoms with van der Waals surface area (Å²) in [7, 11) is 1.85. The van der Waals surface area contributed by atoms with Crippen molar-refractivity contribution in [2.45, 2.75) is 13.3 Å². The number of nitrogens with zero attached hydrogens (tertiary/aromatic N) is 2. The molecule has 98 valence electrons. The number of rotatable bonds is 4. The fourth-order valence-electron chi connectivity index (χ4n) is 1.94. The van der Waals surface area contributed by atoms with Crippen LogP contribution >= 0.6 is 0 Å². The first kappa shape index (κ1) is 13.1. The molecule has 0 atom stereocenters. The summed E-state index contributed by atoms with van der Waals surface area (Å²) in [5.74, 6) is -0.972. The van der Waals surface area contributed by atoms with E-state index in [9.17, 15) is 9.90 Å². The van der Waals surface area contributed by atoms with Gasteiger partial charge in [-0.2, -0.15) is 0 Å². The molecule has 2 aromatic rings. The van der Waals surface area contributed by atoms with Crippen molar-refractivity contribution in [1.82, 2.24) is 4.98 Å². The summed E-state index contributed by atoms with van der Waals surface area (Å²) in [6.07, 6.45) is 3.95. The minimum Gasteiger partial charge on any atom is -0.478 e. The molecule has 0 fully saturated rings. The van der Waals surface area contributed by atoms with Gasteiger partial charge in [0.25, 0.3) is 0 Å². The molecule has 1 N–H and O–H groups in total. The van der Waals surface area contributed by atoms with Gasteiger partial charge in [0.05, 0.1) is 5.69 Å². The van der Waals surface area contributed by atoms with E-state index in [2.05, 4.69) is 11.9 Å². The van der Waals surface area contributed by atoms with Crippen LogP contribution in [0, 0.1) is 0 Å². The summed E-state index contributed by atoms with van der Waals surface area (Å²) >= 11 is 0. The maximum Gasteiger partial charge on any atom is 0.339 e. The number of hydrogen-bond acceptors (Lipinski definition) is 3. The topological polar surface area (TPSA) is 53.4 Å². The van der Waals surface area contributed by atoms with E-state index in [1.807, 2.05) is 36.2 Å². The number of carboxylic acid groups (broad SMARTS) is 1. The molecule has 2 rings (SSSR count). The highest BCUT2D eigenvalue weighted by Crippen LogP contribution is 2.26. The third kappa shape index (κ3) is 2.73. The number of hydrogen-bond donors (Lipinski definition) is 1. The molecule has 0 bridgehead atoms. The highest BCUT2D eigenvalue weighted by Gasteiger charge is 2.14. The number of carbonyl (C=O) groups is 1. The molecule has 19 heavy (non-hydrogen) atoms. The van der Waals surface area contributed by atoms with E-state index in [4.69, 9.17) is 0 Å². The van der Waals surface area contributed by atoms with Crippen molar-refractivity contribution in [3.63, 3.8) is 0 Å². The first-order valence-corrected chi connectivity index (χ1v) is 6.13. The number of carboxylic acids is 1. The standard InChI is InChI=1S/C15H16N2O2/c1-3-11-4-6-12(7-5-11)17(2)14-8-9-16-10-13(14)15(18)19/h4-10H,3H2,1-2H3,(H,18,19). The fourth-order valence-corrected chi connectivity index (χ4v) is 1.94. The minimum absolute atomic E-state index is 0.199. The largest absolute Gasteiger partial charge is 0.478 e. The number of anilines is 2. The van der Waals surface area contributed by atoms with Crippen molar-refractivity contribution in [3.05, 3.63) is 53.9 Å². The molecule has 4 heteroatoms. The van der Waals surface area contributed by atoms with Crippen LogP contribution in [0.15, 0.2) is 42.7 Å². The van der Waals surface area contributed by atoms with Gasteiger partial charge < -0.3 is 10.0 Å². The molecule has 1 aromatic heterocycles. The molecule has 0 aliphatic heterocycles. The lowest BCUT2D eigenvalue weighted by molar-refractivity contribution is 0.0697. The molecule has 0 unspecified atom stereocenters. The zero-order chi connectivity index (χ0) is 13.8. The molecule has 4 nitrogen and oxygen atoms in total. The zero-order valence-electron chi connectivity index (χ0n) is 11.0. The van der Waals surface area contributed by atoms with Gasteiger partial charge in [0.1, 0.15) is 5.56 Å². The Morgan fingerprint density at radius 1 is 1.26 bits per heavy atom. The van der Waals surface area contributed by atoms with E-state index in [-0.39, 0.29) is 5.56 Å². The van der Waals surface area contributed by atoms with Crippen LogP contribution < -0.4 is 4.90 Å². The van der Waals surface area contributed by atoms with E-state index >= 15 is 0 Å². The number of aryl methyl sites for hydroxylation is 1. The zero-order valence-corrected chi connectivity index (χ0v) is 11.0. The van der Waals surface area contributed by atoms with E-state index in [0.717, 1.165) is 12.1 Å². The summed E-state index contributed by atoms with van der Waals surface area (Å²) in [6, 6.07) is 9.79. The molecule has 1 heterocycles. The van der Waals surface area contributed by atoms with Crippen molar-refractivity contribution >= 4 is 17.3 Å². The average molecular weight is 256 g/mol. The van der Waals surface area contributed by atoms with Crippen molar-refractivity contribution in [2.75, 3.05) is 11.9 Å². The summed E-state index contributed by atoms with van der Waals surface area (Å²) in [6.45, 7) is 2.10. The smallest absolute Gasteiger partial charge is 0.339 e. The van der Waals surface area contributed by atoms with Crippen LogP contribution in [0.1, 0.15) is 22.8 Å². The van der Waals surface area contributed by atoms with Gasteiger partial charge in [-0.15, -0.1) is 0 Å². The Bertz CT molecular complexity index is 579. The molecular formula is C15H16N2O2.